The van der Waals surface area contributed by atoms with Crippen molar-refractivity contribution in [3.63, 3.8) is 0 Å². The highest BCUT2D eigenvalue weighted by Crippen LogP contribution is 2.31. The van der Waals surface area contributed by atoms with Crippen LogP contribution in [0.4, 0.5) is 11.4 Å². The van der Waals surface area contributed by atoms with Crippen LogP contribution in [0.25, 0.3) is 0 Å². The minimum Gasteiger partial charge on any atom is -0.484 e. The van der Waals surface area contributed by atoms with Gasteiger partial charge in [0.05, 0.1) is 17.6 Å². The fourth-order valence-electron chi connectivity index (χ4n) is 2.19. The summed E-state index contributed by atoms with van der Waals surface area (Å²) in [5.41, 5.74) is 0.811. The number of hydrogen-bond acceptors (Lipinski definition) is 5. The Morgan fingerprint density at radius 1 is 1.50 bits per heavy atom. The van der Waals surface area contributed by atoms with Crippen molar-refractivity contribution in [2.75, 3.05) is 18.5 Å². The van der Waals surface area contributed by atoms with Crippen LogP contribution in [0.3, 0.4) is 0 Å². The molecule has 0 bridgehead atoms. The Morgan fingerprint density at radius 3 is 2.90 bits per heavy atom. The quantitative estimate of drug-likeness (QED) is 0.663. The van der Waals surface area contributed by atoms with Gasteiger partial charge >= 0.3 is 5.69 Å². The fourth-order valence-corrected chi connectivity index (χ4v) is 2.19. The lowest BCUT2D eigenvalue weighted by Gasteiger charge is -2.24. The third kappa shape index (κ3) is 3.84. The van der Waals surface area contributed by atoms with Gasteiger partial charge in [0.15, 0.2) is 5.75 Å². The van der Waals surface area contributed by atoms with Gasteiger partial charge in [0.25, 0.3) is 0 Å². The summed E-state index contributed by atoms with van der Waals surface area (Å²) in [4.78, 5) is 10.6. The van der Waals surface area contributed by atoms with Gasteiger partial charge in [0.1, 0.15) is 0 Å². The lowest BCUT2D eigenvalue weighted by molar-refractivity contribution is -0.386. The first kappa shape index (κ1) is 14.6. The highest BCUT2D eigenvalue weighted by atomic mass is 16.6. The molecule has 0 spiro atoms. The van der Waals surface area contributed by atoms with Crippen molar-refractivity contribution in [3.8, 4) is 5.75 Å². The van der Waals surface area contributed by atoms with E-state index in [-0.39, 0.29) is 17.8 Å². The Hall–Kier alpha value is -1.82. The van der Waals surface area contributed by atoms with E-state index in [9.17, 15) is 10.1 Å². The molecule has 1 aliphatic rings. The van der Waals surface area contributed by atoms with Crippen LogP contribution in [-0.2, 0) is 4.74 Å². The lowest BCUT2D eigenvalue weighted by atomic mass is 10.1. The SMILES string of the molecule is CC(C)Oc1cc(NC2CCCOC2)ccc1[N+](=O)[O-]. The molecule has 1 saturated heterocycles. The summed E-state index contributed by atoms with van der Waals surface area (Å²) in [6, 6.07) is 5.12. The summed E-state index contributed by atoms with van der Waals surface area (Å²) in [7, 11) is 0. The van der Waals surface area contributed by atoms with Gasteiger partial charge in [-0.15, -0.1) is 0 Å². The van der Waals surface area contributed by atoms with E-state index in [0.29, 0.717) is 12.4 Å². The monoisotopic (exact) mass is 280 g/mol. The zero-order chi connectivity index (χ0) is 14.5. The zero-order valence-corrected chi connectivity index (χ0v) is 11.8. The van der Waals surface area contributed by atoms with Crippen LogP contribution in [0, 0.1) is 10.1 Å². The molecular formula is C14H20N2O4. The average molecular weight is 280 g/mol. The highest BCUT2D eigenvalue weighted by molar-refractivity contribution is 5.58. The maximum atomic E-state index is 11.0. The molecule has 6 heteroatoms. The summed E-state index contributed by atoms with van der Waals surface area (Å²) in [5.74, 6) is 0.298. The van der Waals surface area contributed by atoms with E-state index < -0.39 is 4.92 Å². The molecule has 1 atom stereocenters. The molecule has 0 radical (unpaired) electrons. The molecule has 1 fully saturated rings. The van der Waals surface area contributed by atoms with Crippen LogP contribution in [0.5, 0.6) is 5.75 Å². The molecule has 0 aliphatic carbocycles. The molecule has 20 heavy (non-hydrogen) atoms. The van der Waals surface area contributed by atoms with Gasteiger partial charge in [-0.1, -0.05) is 0 Å². The van der Waals surface area contributed by atoms with Crippen molar-refractivity contribution in [1.29, 1.82) is 0 Å². The fraction of sp³-hybridized carbons (Fsp3) is 0.571. The maximum absolute atomic E-state index is 11.0. The summed E-state index contributed by atoms with van der Waals surface area (Å²) in [5, 5.41) is 14.3. The summed E-state index contributed by atoms with van der Waals surface area (Å²) in [6.45, 7) is 5.16. The molecule has 1 heterocycles. The molecule has 110 valence electrons. The van der Waals surface area contributed by atoms with Crippen molar-refractivity contribution >= 4 is 11.4 Å². The topological polar surface area (TPSA) is 73.6 Å². The maximum Gasteiger partial charge on any atom is 0.311 e. The normalized spacial score (nSPS) is 18.9. The van der Waals surface area contributed by atoms with Crippen molar-refractivity contribution in [2.24, 2.45) is 0 Å². The molecule has 0 aromatic heterocycles. The average Bonchev–Trinajstić information content (AvgIpc) is 2.39. The van der Waals surface area contributed by atoms with Crippen molar-refractivity contribution in [2.45, 2.75) is 38.8 Å². The first-order chi connectivity index (χ1) is 9.56. The van der Waals surface area contributed by atoms with Gasteiger partial charge in [0.2, 0.25) is 0 Å². The molecular weight excluding hydrogens is 260 g/mol. The van der Waals surface area contributed by atoms with E-state index in [2.05, 4.69) is 5.32 Å². The first-order valence-corrected chi connectivity index (χ1v) is 6.85. The standard InChI is InChI=1S/C14H20N2O4/c1-10(2)20-14-8-11(5-6-13(14)16(17)18)15-12-4-3-7-19-9-12/h5-6,8,10,12,15H,3-4,7,9H2,1-2H3. The van der Waals surface area contributed by atoms with E-state index in [0.717, 1.165) is 25.1 Å². The molecule has 1 aliphatic heterocycles. The molecule has 1 aromatic rings. The molecule has 1 N–H and O–H groups in total. The van der Waals surface area contributed by atoms with E-state index in [1.54, 1.807) is 12.1 Å². The Balaban J connectivity index is 2.15. The van der Waals surface area contributed by atoms with E-state index >= 15 is 0 Å². The van der Waals surface area contributed by atoms with Crippen LogP contribution in [0.15, 0.2) is 18.2 Å². The summed E-state index contributed by atoms with van der Waals surface area (Å²) >= 11 is 0. The second kappa shape index (κ2) is 6.56. The van der Waals surface area contributed by atoms with E-state index in [1.807, 2.05) is 13.8 Å². The van der Waals surface area contributed by atoms with Crippen molar-refractivity contribution in [1.82, 2.24) is 0 Å². The molecule has 0 amide bonds. The molecule has 1 aromatic carbocycles. The Kier molecular flexibility index (Phi) is 4.79. The smallest absolute Gasteiger partial charge is 0.311 e. The number of hydrogen-bond donors (Lipinski definition) is 1. The Morgan fingerprint density at radius 2 is 2.30 bits per heavy atom. The van der Waals surface area contributed by atoms with Crippen molar-refractivity contribution < 1.29 is 14.4 Å². The van der Waals surface area contributed by atoms with Crippen LogP contribution in [0.1, 0.15) is 26.7 Å². The molecule has 2 rings (SSSR count). The number of nitro groups is 1. The number of nitrogens with zero attached hydrogens (tertiary/aromatic N) is 1. The number of benzene rings is 1. The third-order valence-electron chi connectivity index (χ3n) is 3.05. The van der Waals surface area contributed by atoms with Gasteiger partial charge < -0.3 is 14.8 Å². The Labute approximate surface area is 118 Å². The van der Waals surface area contributed by atoms with Crippen LogP contribution < -0.4 is 10.1 Å². The third-order valence-corrected chi connectivity index (χ3v) is 3.05. The molecule has 6 nitrogen and oxygen atoms in total. The van der Waals surface area contributed by atoms with Gasteiger partial charge in [0, 0.05) is 30.5 Å². The highest BCUT2D eigenvalue weighted by Gasteiger charge is 2.19. The van der Waals surface area contributed by atoms with Crippen LogP contribution >= 0.6 is 0 Å². The lowest BCUT2D eigenvalue weighted by Crippen LogP contribution is -2.29. The second-order valence-electron chi connectivity index (χ2n) is 5.16. The van der Waals surface area contributed by atoms with Gasteiger partial charge in [-0.25, -0.2) is 0 Å². The van der Waals surface area contributed by atoms with Crippen LogP contribution in [-0.4, -0.2) is 30.3 Å². The van der Waals surface area contributed by atoms with Crippen molar-refractivity contribution in [3.05, 3.63) is 28.3 Å². The Bertz CT molecular complexity index is 470. The van der Waals surface area contributed by atoms with Gasteiger partial charge in [-0.3, -0.25) is 10.1 Å². The predicted octanol–water partition coefficient (Wildman–Crippen LogP) is 2.97. The number of nitro benzene ring substituents is 1. The number of nitrogens with one attached hydrogen (secondary N) is 1. The largest absolute Gasteiger partial charge is 0.484 e. The minimum atomic E-state index is -0.425. The summed E-state index contributed by atoms with van der Waals surface area (Å²) < 4.78 is 10.9. The number of ether oxygens (including phenoxy) is 2. The van der Waals surface area contributed by atoms with Gasteiger partial charge in [-0.2, -0.15) is 0 Å². The van der Waals surface area contributed by atoms with E-state index in [4.69, 9.17) is 9.47 Å². The zero-order valence-electron chi connectivity index (χ0n) is 11.8. The number of rotatable bonds is 5. The second-order valence-corrected chi connectivity index (χ2v) is 5.16. The first-order valence-electron chi connectivity index (χ1n) is 6.85. The van der Waals surface area contributed by atoms with Crippen LogP contribution in [0.2, 0.25) is 0 Å². The summed E-state index contributed by atoms with van der Waals surface area (Å²) in [6.07, 6.45) is 1.96. The molecule has 0 saturated carbocycles. The molecule has 1 unspecified atom stereocenters. The number of anilines is 1. The van der Waals surface area contributed by atoms with Gasteiger partial charge in [-0.05, 0) is 32.8 Å². The minimum absolute atomic E-state index is 0.0101. The van der Waals surface area contributed by atoms with E-state index in [1.165, 1.54) is 6.07 Å². The predicted molar refractivity (Wildman–Crippen MR) is 76.3 cm³/mol.